The van der Waals surface area contributed by atoms with Gasteiger partial charge in [0.1, 0.15) is 11.9 Å². The zero-order chi connectivity index (χ0) is 20.9. The summed E-state index contributed by atoms with van der Waals surface area (Å²) < 4.78 is 5.75. The second-order valence-electron chi connectivity index (χ2n) is 11.4. The second kappa shape index (κ2) is 7.88. The number of fused-ring (bicyclic) bond motifs is 5. The molecule has 2 unspecified atom stereocenters. The van der Waals surface area contributed by atoms with Crippen molar-refractivity contribution >= 4 is 11.5 Å². The fourth-order valence-electron chi connectivity index (χ4n) is 8.34. The van der Waals surface area contributed by atoms with Crippen molar-refractivity contribution in [3.8, 4) is 0 Å². The van der Waals surface area contributed by atoms with E-state index in [2.05, 4.69) is 24.3 Å². The summed E-state index contributed by atoms with van der Waals surface area (Å²) in [4.78, 5) is 18.7. The zero-order valence-corrected chi connectivity index (χ0v) is 19.1. The Hall–Kier alpha value is -0.940. The summed E-state index contributed by atoms with van der Waals surface area (Å²) in [5, 5.41) is 7.99. The van der Waals surface area contributed by atoms with Gasteiger partial charge in [0.15, 0.2) is 0 Å². The number of Topliss-reactive ketones (excluding diaryl/α,β-unsaturated/α-hetero) is 1. The molecule has 0 radical (unpaired) electrons. The number of oxime groups is 1. The predicted molar refractivity (Wildman–Crippen MR) is 117 cm³/mol. The molecule has 1 heterocycles. The highest BCUT2D eigenvalue weighted by Gasteiger charge is 2.62. The van der Waals surface area contributed by atoms with Gasteiger partial charge >= 0.3 is 0 Å². The van der Waals surface area contributed by atoms with E-state index < -0.39 is 0 Å². The molecule has 1 N–H and O–H groups in total. The van der Waals surface area contributed by atoms with E-state index in [9.17, 15) is 4.79 Å². The second-order valence-corrected chi connectivity index (χ2v) is 11.4. The molecule has 5 fully saturated rings. The van der Waals surface area contributed by atoms with Crippen molar-refractivity contribution < 1.29 is 14.4 Å². The first-order chi connectivity index (χ1) is 14.5. The number of ketones is 1. The molecular weight excluding hydrogens is 376 g/mol. The van der Waals surface area contributed by atoms with Gasteiger partial charge in [-0.1, -0.05) is 19.0 Å². The van der Waals surface area contributed by atoms with Crippen LogP contribution >= 0.6 is 0 Å². The lowest BCUT2D eigenvalue weighted by molar-refractivity contribution is -0.149. The van der Waals surface area contributed by atoms with Crippen molar-refractivity contribution in [1.29, 1.82) is 0 Å². The summed E-state index contributed by atoms with van der Waals surface area (Å²) in [5.74, 6) is 3.71. The molecule has 8 atom stereocenters. The fraction of sp³-hybridized carbons (Fsp3) is 0.920. The van der Waals surface area contributed by atoms with Crippen molar-refractivity contribution in [3.63, 3.8) is 0 Å². The average molecular weight is 417 g/mol. The smallest absolute Gasteiger partial charge is 0.141 e. The number of methoxy groups -OCH3 is 1. The standard InChI is InChI=1S/C25H40N2O3/c1-24-9-6-18(27-30-19-8-11-26-14-19)13-17(24)12-16(15-29-3)23-20-4-5-22(28)25(20,2)10-7-21(23)24/h16-17,19-21,23,26H,4-15H2,1-3H3/t16?,17?,19-,20+,21-,23+,24+,25+/m1/s1. The first-order valence-corrected chi connectivity index (χ1v) is 12.4. The summed E-state index contributed by atoms with van der Waals surface area (Å²) >= 11 is 0. The normalized spacial score (nSPS) is 49.6. The largest absolute Gasteiger partial charge is 0.391 e. The maximum absolute atomic E-state index is 12.8. The SMILES string of the molecule is COCC1CC2CC(=NO[C@@H]3CCNC3)CC[C@]2(C)[C@@H]2CC[C@]3(C)C(=O)CC[C@H]3[C@H]12. The molecule has 4 aliphatic carbocycles. The Morgan fingerprint density at radius 3 is 2.77 bits per heavy atom. The molecule has 1 aliphatic heterocycles. The van der Waals surface area contributed by atoms with Crippen LogP contribution in [0.2, 0.25) is 0 Å². The number of rotatable bonds is 4. The van der Waals surface area contributed by atoms with Crippen LogP contribution in [0.1, 0.15) is 71.6 Å². The van der Waals surface area contributed by atoms with E-state index in [0.717, 1.165) is 64.1 Å². The summed E-state index contributed by atoms with van der Waals surface area (Å²) in [6.45, 7) is 7.65. The van der Waals surface area contributed by atoms with E-state index in [1.54, 1.807) is 0 Å². The molecule has 0 bridgehead atoms. The lowest BCUT2D eigenvalue weighted by Crippen LogP contribution is -2.57. The number of hydrogen-bond donors (Lipinski definition) is 1. The quantitative estimate of drug-likeness (QED) is 0.698. The Morgan fingerprint density at radius 1 is 1.13 bits per heavy atom. The summed E-state index contributed by atoms with van der Waals surface area (Å²) in [6.07, 6.45) is 10.1. The Balaban J connectivity index is 1.37. The van der Waals surface area contributed by atoms with E-state index >= 15 is 0 Å². The molecule has 4 saturated carbocycles. The molecule has 0 amide bonds. The van der Waals surface area contributed by atoms with Crippen molar-refractivity contribution in [2.75, 3.05) is 26.8 Å². The number of nitrogens with zero attached hydrogens (tertiary/aromatic N) is 1. The molecule has 0 spiro atoms. The first-order valence-electron chi connectivity index (χ1n) is 12.4. The van der Waals surface area contributed by atoms with Crippen LogP contribution < -0.4 is 5.32 Å². The van der Waals surface area contributed by atoms with Gasteiger partial charge in [-0.25, -0.2) is 0 Å². The van der Waals surface area contributed by atoms with E-state index in [1.165, 1.54) is 25.0 Å². The first kappa shape index (κ1) is 20.9. The molecule has 5 aliphatic rings. The number of hydrogen-bond acceptors (Lipinski definition) is 5. The van der Waals surface area contributed by atoms with Gasteiger partial charge < -0.3 is 14.9 Å². The highest BCUT2D eigenvalue weighted by molar-refractivity contribution is 5.87. The van der Waals surface area contributed by atoms with Crippen LogP contribution in [0.25, 0.3) is 0 Å². The van der Waals surface area contributed by atoms with Gasteiger partial charge in [0.25, 0.3) is 0 Å². The van der Waals surface area contributed by atoms with Gasteiger partial charge in [0.2, 0.25) is 0 Å². The molecular formula is C25H40N2O3. The highest BCUT2D eigenvalue weighted by atomic mass is 16.6. The molecule has 168 valence electrons. The number of nitrogens with one attached hydrogen (secondary N) is 1. The minimum absolute atomic E-state index is 0.0687. The maximum Gasteiger partial charge on any atom is 0.141 e. The van der Waals surface area contributed by atoms with E-state index in [4.69, 9.17) is 9.57 Å². The minimum Gasteiger partial charge on any atom is -0.391 e. The van der Waals surface area contributed by atoms with E-state index in [-0.39, 0.29) is 11.5 Å². The molecule has 30 heavy (non-hydrogen) atoms. The fourth-order valence-corrected chi connectivity index (χ4v) is 8.34. The van der Waals surface area contributed by atoms with E-state index in [0.29, 0.717) is 34.9 Å². The average Bonchev–Trinajstić information content (AvgIpc) is 3.35. The van der Waals surface area contributed by atoms with Crippen LogP contribution in [0.3, 0.4) is 0 Å². The lowest BCUT2D eigenvalue weighted by Gasteiger charge is -2.62. The third-order valence-electron chi connectivity index (χ3n) is 10.1. The van der Waals surface area contributed by atoms with Crippen molar-refractivity contribution in [2.24, 2.45) is 45.6 Å². The molecule has 0 aromatic carbocycles. The van der Waals surface area contributed by atoms with Gasteiger partial charge in [-0.15, -0.1) is 0 Å². The third-order valence-corrected chi connectivity index (χ3v) is 10.1. The van der Waals surface area contributed by atoms with Crippen LogP contribution in [0, 0.1) is 40.4 Å². The number of carbonyl (C=O) groups excluding carboxylic acids is 1. The van der Waals surface area contributed by atoms with Crippen LogP contribution in [-0.2, 0) is 14.4 Å². The van der Waals surface area contributed by atoms with Gasteiger partial charge in [0.05, 0.1) is 5.71 Å². The predicted octanol–water partition coefficient (Wildman–Crippen LogP) is 4.21. The van der Waals surface area contributed by atoms with Gasteiger partial charge in [-0.2, -0.15) is 0 Å². The number of ether oxygens (including phenoxy) is 1. The summed E-state index contributed by atoms with van der Waals surface area (Å²) in [5.41, 5.74) is 1.58. The molecule has 0 aromatic rings. The van der Waals surface area contributed by atoms with Crippen LogP contribution in [0.4, 0.5) is 0 Å². The third kappa shape index (κ3) is 3.26. The summed E-state index contributed by atoms with van der Waals surface area (Å²) in [7, 11) is 1.85. The van der Waals surface area contributed by atoms with Crippen molar-refractivity contribution in [2.45, 2.75) is 77.7 Å². The summed E-state index contributed by atoms with van der Waals surface area (Å²) in [6, 6.07) is 0. The van der Waals surface area contributed by atoms with Crippen molar-refractivity contribution in [1.82, 2.24) is 5.32 Å². The molecule has 5 rings (SSSR count). The minimum atomic E-state index is -0.0687. The Kier molecular flexibility index (Phi) is 5.50. The zero-order valence-electron chi connectivity index (χ0n) is 19.1. The number of carbonyl (C=O) groups is 1. The molecule has 5 heteroatoms. The van der Waals surface area contributed by atoms with Gasteiger partial charge in [-0.3, -0.25) is 4.79 Å². The Labute approximate surface area is 181 Å². The maximum atomic E-state index is 12.8. The molecule has 5 nitrogen and oxygen atoms in total. The molecule has 0 aromatic heterocycles. The highest BCUT2D eigenvalue weighted by Crippen LogP contribution is 2.66. The van der Waals surface area contributed by atoms with Crippen LogP contribution in [0.15, 0.2) is 5.16 Å². The monoisotopic (exact) mass is 416 g/mol. The van der Waals surface area contributed by atoms with Gasteiger partial charge in [-0.05, 0) is 86.5 Å². The Bertz CT molecular complexity index is 703. The van der Waals surface area contributed by atoms with Crippen molar-refractivity contribution in [3.05, 3.63) is 0 Å². The van der Waals surface area contributed by atoms with E-state index in [1.807, 2.05) is 7.11 Å². The van der Waals surface area contributed by atoms with Crippen LogP contribution in [0.5, 0.6) is 0 Å². The van der Waals surface area contributed by atoms with Gasteiger partial charge in [0, 0.05) is 38.5 Å². The topological polar surface area (TPSA) is 59.9 Å². The Morgan fingerprint density at radius 2 is 2.00 bits per heavy atom. The molecule has 1 saturated heterocycles. The van der Waals surface area contributed by atoms with Crippen LogP contribution in [-0.4, -0.2) is 44.4 Å². The lowest BCUT2D eigenvalue weighted by atomic mass is 9.43.